The normalized spacial score (nSPS) is 14.6. The van der Waals surface area contributed by atoms with Gasteiger partial charge in [-0.05, 0) is 35.7 Å². The molecule has 3 aromatic carbocycles. The molecule has 0 spiro atoms. The first-order chi connectivity index (χ1) is 13.1. The highest BCUT2D eigenvalue weighted by atomic mass is 16.3. The van der Waals surface area contributed by atoms with E-state index < -0.39 is 6.10 Å². The lowest BCUT2D eigenvalue weighted by Crippen LogP contribution is -2.13. The molecule has 4 rings (SSSR count). The van der Waals surface area contributed by atoms with Crippen molar-refractivity contribution in [2.75, 3.05) is 11.9 Å². The largest absolute Gasteiger partial charge is 0.389 e. The zero-order chi connectivity index (χ0) is 18.8. The van der Waals surface area contributed by atoms with Crippen molar-refractivity contribution in [3.05, 3.63) is 89.5 Å². The molecule has 1 unspecified atom stereocenters. The maximum Gasteiger partial charge on any atom is 0.246 e. The number of aliphatic hydroxyl groups excluding tert-OH is 1. The molecule has 3 aromatic rings. The standard InChI is InChI=1S/C23H20N2O2/c1-15(26)16-7-9-17(10-8-16)19-11-12-21-20(13-19)23(24-14-22(27)25-21)18-5-3-2-4-6-18/h2-13,15,26H,14H2,1H3,(H,25,27). The monoisotopic (exact) mass is 356 g/mol. The van der Waals surface area contributed by atoms with E-state index in [1.54, 1.807) is 6.92 Å². The summed E-state index contributed by atoms with van der Waals surface area (Å²) in [5.74, 6) is -0.115. The number of aliphatic imine (C=N–C) groups is 1. The van der Waals surface area contributed by atoms with Crippen LogP contribution in [0.15, 0.2) is 77.8 Å². The van der Waals surface area contributed by atoms with Gasteiger partial charge in [0.25, 0.3) is 0 Å². The molecule has 1 amide bonds. The van der Waals surface area contributed by atoms with E-state index in [1.165, 1.54) is 0 Å². The van der Waals surface area contributed by atoms with Gasteiger partial charge in [-0.3, -0.25) is 9.79 Å². The van der Waals surface area contributed by atoms with Crippen LogP contribution in [0.5, 0.6) is 0 Å². The number of amides is 1. The number of benzodiazepines with no additional fused rings is 1. The number of hydrogen-bond donors (Lipinski definition) is 2. The molecule has 4 heteroatoms. The Bertz CT molecular complexity index is 1010. The van der Waals surface area contributed by atoms with Gasteiger partial charge in [0.2, 0.25) is 5.91 Å². The van der Waals surface area contributed by atoms with Crippen LogP contribution in [0.1, 0.15) is 29.7 Å². The minimum Gasteiger partial charge on any atom is -0.389 e. The predicted octanol–water partition coefficient (Wildman–Crippen LogP) is 4.20. The van der Waals surface area contributed by atoms with Gasteiger partial charge in [-0.25, -0.2) is 0 Å². The molecular formula is C23H20N2O2. The van der Waals surface area contributed by atoms with E-state index in [9.17, 15) is 9.90 Å². The SMILES string of the molecule is CC(O)c1ccc(-c2ccc3c(c2)C(c2ccccc2)=NCC(=O)N3)cc1. The summed E-state index contributed by atoms with van der Waals surface area (Å²) in [7, 11) is 0. The van der Waals surface area contributed by atoms with Gasteiger partial charge in [0.05, 0.1) is 17.5 Å². The number of aliphatic hydroxyl groups is 1. The van der Waals surface area contributed by atoms with Crippen LogP contribution < -0.4 is 5.32 Å². The number of benzene rings is 3. The van der Waals surface area contributed by atoms with Crippen molar-refractivity contribution in [3.63, 3.8) is 0 Å². The van der Waals surface area contributed by atoms with E-state index in [1.807, 2.05) is 66.7 Å². The topological polar surface area (TPSA) is 61.7 Å². The van der Waals surface area contributed by atoms with Crippen LogP contribution in [-0.4, -0.2) is 23.3 Å². The second-order valence-electron chi connectivity index (χ2n) is 6.64. The van der Waals surface area contributed by atoms with Gasteiger partial charge in [-0.1, -0.05) is 60.7 Å². The van der Waals surface area contributed by atoms with Gasteiger partial charge in [0.15, 0.2) is 0 Å². The molecule has 0 aliphatic carbocycles. The molecule has 0 saturated carbocycles. The molecule has 1 aliphatic rings. The molecular weight excluding hydrogens is 336 g/mol. The minimum absolute atomic E-state index is 0.108. The fourth-order valence-electron chi connectivity index (χ4n) is 3.25. The van der Waals surface area contributed by atoms with Crippen molar-refractivity contribution in [1.82, 2.24) is 0 Å². The van der Waals surface area contributed by atoms with Crippen molar-refractivity contribution in [3.8, 4) is 11.1 Å². The third-order valence-corrected chi connectivity index (χ3v) is 4.70. The second-order valence-corrected chi connectivity index (χ2v) is 6.64. The van der Waals surface area contributed by atoms with E-state index in [2.05, 4.69) is 16.4 Å². The molecule has 0 saturated heterocycles. The number of rotatable bonds is 3. The lowest BCUT2D eigenvalue weighted by molar-refractivity contribution is -0.114. The fraction of sp³-hybridized carbons (Fsp3) is 0.130. The number of anilines is 1. The highest BCUT2D eigenvalue weighted by molar-refractivity contribution is 6.19. The number of fused-ring (bicyclic) bond motifs is 1. The van der Waals surface area contributed by atoms with Gasteiger partial charge in [-0.15, -0.1) is 0 Å². The van der Waals surface area contributed by atoms with Crippen molar-refractivity contribution in [1.29, 1.82) is 0 Å². The van der Waals surface area contributed by atoms with Crippen LogP contribution in [0, 0.1) is 0 Å². The summed E-state index contributed by atoms with van der Waals surface area (Å²) in [6, 6.07) is 23.7. The van der Waals surface area contributed by atoms with Crippen LogP contribution in [0.3, 0.4) is 0 Å². The van der Waals surface area contributed by atoms with E-state index in [-0.39, 0.29) is 12.5 Å². The van der Waals surface area contributed by atoms with Crippen LogP contribution in [0.25, 0.3) is 11.1 Å². The third kappa shape index (κ3) is 3.52. The minimum atomic E-state index is -0.488. The lowest BCUT2D eigenvalue weighted by Gasteiger charge is -2.13. The van der Waals surface area contributed by atoms with Gasteiger partial charge < -0.3 is 10.4 Å². The Kier molecular flexibility index (Phi) is 4.57. The Morgan fingerprint density at radius 3 is 2.33 bits per heavy atom. The van der Waals surface area contributed by atoms with Crippen molar-refractivity contribution in [2.24, 2.45) is 4.99 Å². The van der Waals surface area contributed by atoms with E-state index in [0.717, 1.165) is 39.2 Å². The highest BCUT2D eigenvalue weighted by Gasteiger charge is 2.18. The van der Waals surface area contributed by atoms with Crippen molar-refractivity contribution < 1.29 is 9.90 Å². The van der Waals surface area contributed by atoms with Crippen LogP contribution in [0.2, 0.25) is 0 Å². The fourth-order valence-corrected chi connectivity index (χ4v) is 3.25. The Balaban J connectivity index is 1.81. The van der Waals surface area contributed by atoms with Gasteiger partial charge in [0, 0.05) is 11.1 Å². The number of carbonyl (C=O) groups is 1. The molecule has 0 aromatic heterocycles. The molecule has 1 aliphatic heterocycles. The Labute approximate surface area is 158 Å². The van der Waals surface area contributed by atoms with Crippen molar-refractivity contribution in [2.45, 2.75) is 13.0 Å². The van der Waals surface area contributed by atoms with Crippen LogP contribution in [0.4, 0.5) is 5.69 Å². The van der Waals surface area contributed by atoms with Crippen LogP contribution >= 0.6 is 0 Å². The maximum atomic E-state index is 12.0. The molecule has 0 fully saturated rings. The average Bonchev–Trinajstić information content (AvgIpc) is 2.86. The molecule has 2 N–H and O–H groups in total. The first-order valence-corrected chi connectivity index (χ1v) is 8.94. The van der Waals surface area contributed by atoms with Crippen molar-refractivity contribution >= 4 is 17.3 Å². The average molecular weight is 356 g/mol. The second kappa shape index (κ2) is 7.17. The predicted molar refractivity (Wildman–Crippen MR) is 108 cm³/mol. The van der Waals surface area contributed by atoms with E-state index in [0.29, 0.717) is 0 Å². The zero-order valence-electron chi connectivity index (χ0n) is 15.0. The molecule has 4 nitrogen and oxygen atoms in total. The molecule has 0 bridgehead atoms. The van der Waals surface area contributed by atoms with Gasteiger partial charge in [-0.2, -0.15) is 0 Å². The number of carbonyl (C=O) groups excluding carboxylic acids is 1. The first-order valence-electron chi connectivity index (χ1n) is 8.94. The quantitative estimate of drug-likeness (QED) is 0.739. The Morgan fingerprint density at radius 2 is 1.63 bits per heavy atom. The molecule has 1 heterocycles. The van der Waals surface area contributed by atoms with Crippen LogP contribution in [-0.2, 0) is 4.79 Å². The van der Waals surface area contributed by atoms with Gasteiger partial charge >= 0.3 is 0 Å². The third-order valence-electron chi connectivity index (χ3n) is 4.70. The molecule has 134 valence electrons. The Morgan fingerprint density at radius 1 is 0.926 bits per heavy atom. The number of hydrogen-bond acceptors (Lipinski definition) is 3. The summed E-state index contributed by atoms with van der Waals surface area (Å²) in [5.41, 5.74) is 6.43. The first kappa shape index (κ1) is 17.2. The summed E-state index contributed by atoms with van der Waals surface area (Å²) in [6.45, 7) is 1.86. The zero-order valence-corrected chi connectivity index (χ0v) is 15.0. The lowest BCUT2D eigenvalue weighted by atomic mass is 9.95. The summed E-state index contributed by atoms with van der Waals surface area (Å²) < 4.78 is 0. The molecule has 27 heavy (non-hydrogen) atoms. The summed E-state index contributed by atoms with van der Waals surface area (Å²) in [6.07, 6.45) is -0.488. The maximum absolute atomic E-state index is 12.0. The summed E-state index contributed by atoms with van der Waals surface area (Å²) in [5, 5.41) is 12.6. The summed E-state index contributed by atoms with van der Waals surface area (Å²) >= 11 is 0. The van der Waals surface area contributed by atoms with Gasteiger partial charge in [0.1, 0.15) is 6.54 Å². The van der Waals surface area contributed by atoms with E-state index >= 15 is 0 Å². The smallest absolute Gasteiger partial charge is 0.246 e. The number of nitrogens with zero attached hydrogens (tertiary/aromatic N) is 1. The van der Waals surface area contributed by atoms with E-state index in [4.69, 9.17) is 0 Å². The summed E-state index contributed by atoms with van der Waals surface area (Å²) in [4.78, 5) is 16.6. The highest BCUT2D eigenvalue weighted by Crippen LogP contribution is 2.29. The number of nitrogens with one attached hydrogen (secondary N) is 1. The molecule has 0 radical (unpaired) electrons. The Hall–Kier alpha value is -3.24. The molecule has 1 atom stereocenters.